The van der Waals surface area contributed by atoms with Crippen LogP contribution < -0.4 is 14.8 Å². The Bertz CT molecular complexity index is 634. The molecule has 2 rings (SSSR count). The quantitative estimate of drug-likeness (QED) is 0.849. The SMILES string of the molecule is COc1ccc(C(CNC(=O)c2ccco2)C(C)C)cc1OC. The van der Waals surface area contributed by atoms with Crippen LogP contribution >= 0.6 is 0 Å². The molecule has 0 aliphatic carbocycles. The molecule has 5 heteroatoms. The Labute approximate surface area is 136 Å². The highest BCUT2D eigenvalue weighted by Crippen LogP contribution is 2.33. The van der Waals surface area contributed by atoms with Crippen LogP contribution in [0.25, 0.3) is 0 Å². The van der Waals surface area contributed by atoms with Crippen LogP contribution in [0.5, 0.6) is 11.5 Å². The molecular formula is C18H23NO4. The number of hydrogen-bond acceptors (Lipinski definition) is 4. The van der Waals surface area contributed by atoms with E-state index in [4.69, 9.17) is 13.9 Å². The minimum absolute atomic E-state index is 0.161. The molecule has 0 aliphatic rings. The summed E-state index contributed by atoms with van der Waals surface area (Å²) in [6.07, 6.45) is 1.49. The molecule has 0 spiro atoms. The molecule has 2 aromatic rings. The van der Waals surface area contributed by atoms with Gasteiger partial charge in [0.25, 0.3) is 5.91 Å². The molecular weight excluding hydrogens is 294 g/mol. The fourth-order valence-electron chi connectivity index (χ4n) is 2.52. The number of ether oxygens (including phenoxy) is 2. The highest BCUT2D eigenvalue weighted by molar-refractivity contribution is 5.91. The minimum atomic E-state index is -0.207. The van der Waals surface area contributed by atoms with Gasteiger partial charge in [0.2, 0.25) is 0 Å². The molecule has 0 saturated heterocycles. The molecule has 1 atom stereocenters. The molecule has 1 aromatic heterocycles. The Morgan fingerprint density at radius 3 is 2.48 bits per heavy atom. The normalized spacial score (nSPS) is 12.0. The lowest BCUT2D eigenvalue weighted by atomic mass is 9.88. The minimum Gasteiger partial charge on any atom is -0.493 e. The van der Waals surface area contributed by atoms with E-state index in [0.29, 0.717) is 29.7 Å². The first-order valence-electron chi connectivity index (χ1n) is 7.60. The molecule has 1 aromatic carbocycles. The van der Waals surface area contributed by atoms with E-state index in [1.165, 1.54) is 6.26 Å². The average Bonchev–Trinajstić information content (AvgIpc) is 3.08. The maximum Gasteiger partial charge on any atom is 0.286 e. The van der Waals surface area contributed by atoms with E-state index in [2.05, 4.69) is 19.2 Å². The zero-order chi connectivity index (χ0) is 16.8. The molecule has 0 aliphatic heterocycles. The summed E-state index contributed by atoms with van der Waals surface area (Å²) in [5.74, 6) is 2.01. The third-order valence-corrected chi connectivity index (χ3v) is 3.87. The van der Waals surface area contributed by atoms with Crippen LogP contribution in [-0.4, -0.2) is 26.7 Å². The van der Waals surface area contributed by atoms with Crippen LogP contribution in [0.15, 0.2) is 41.0 Å². The van der Waals surface area contributed by atoms with Gasteiger partial charge in [-0.05, 0) is 35.7 Å². The number of rotatable bonds is 7. The molecule has 23 heavy (non-hydrogen) atoms. The highest BCUT2D eigenvalue weighted by Gasteiger charge is 2.20. The lowest BCUT2D eigenvalue weighted by molar-refractivity contribution is 0.0921. The van der Waals surface area contributed by atoms with E-state index < -0.39 is 0 Å². The van der Waals surface area contributed by atoms with Crippen LogP contribution in [0.3, 0.4) is 0 Å². The third-order valence-electron chi connectivity index (χ3n) is 3.87. The van der Waals surface area contributed by atoms with E-state index in [1.54, 1.807) is 26.4 Å². The van der Waals surface area contributed by atoms with Crippen molar-refractivity contribution in [1.82, 2.24) is 5.32 Å². The van der Waals surface area contributed by atoms with Gasteiger partial charge in [-0.25, -0.2) is 0 Å². The Morgan fingerprint density at radius 2 is 1.91 bits per heavy atom. The summed E-state index contributed by atoms with van der Waals surface area (Å²) in [4.78, 5) is 12.0. The van der Waals surface area contributed by atoms with Gasteiger partial charge >= 0.3 is 0 Å². The van der Waals surface area contributed by atoms with E-state index in [0.717, 1.165) is 5.56 Å². The standard InChI is InChI=1S/C18H23NO4/c1-12(2)14(11-19-18(20)16-6-5-9-23-16)13-7-8-15(21-3)17(10-13)22-4/h5-10,12,14H,11H2,1-4H3,(H,19,20). The first-order valence-corrected chi connectivity index (χ1v) is 7.60. The van der Waals surface area contributed by atoms with Gasteiger partial charge in [-0.15, -0.1) is 0 Å². The van der Waals surface area contributed by atoms with E-state index in [1.807, 2.05) is 18.2 Å². The Morgan fingerprint density at radius 1 is 1.17 bits per heavy atom. The predicted octanol–water partition coefficient (Wildman–Crippen LogP) is 3.47. The Kier molecular flexibility index (Phi) is 5.68. The van der Waals surface area contributed by atoms with E-state index in [-0.39, 0.29) is 11.8 Å². The van der Waals surface area contributed by atoms with Crippen LogP contribution in [0.4, 0.5) is 0 Å². The molecule has 5 nitrogen and oxygen atoms in total. The number of methoxy groups -OCH3 is 2. The van der Waals surface area contributed by atoms with Gasteiger partial charge in [0, 0.05) is 12.5 Å². The van der Waals surface area contributed by atoms with Crippen molar-refractivity contribution in [3.8, 4) is 11.5 Å². The number of benzene rings is 1. The summed E-state index contributed by atoms with van der Waals surface area (Å²) >= 11 is 0. The number of carbonyl (C=O) groups excluding carboxylic acids is 1. The number of nitrogens with one attached hydrogen (secondary N) is 1. The van der Waals surface area contributed by atoms with Crippen LogP contribution in [0.1, 0.15) is 35.9 Å². The zero-order valence-electron chi connectivity index (χ0n) is 14.0. The predicted molar refractivity (Wildman–Crippen MR) is 88.2 cm³/mol. The summed E-state index contributed by atoms with van der Waals surface area (Å²) < 4.78 is 15.7. The van der Waals surface area contributed by atoms with Crippen LogP contribution in [0, 0.1) is 5.92 Å². The van der Waals surface area contributed by atoms with Crippen LogP contribution in [0.2, 0.25) is 0 Å². The largest absolute Gasteiger partial charge is 0.493 e. The summed E-state index contributed by atoms with van der Waals surface area (Å²) in [5, 5.41) is 2.93. The molecule has 1 N–H and O–H groups in total. The van der Waals surface area contributed by atoms with Gasteiger partial charge in [0.05, 0.1) is 20.5 Å². The number of furan rings is 1. The molecule has 1 heterocycles. The van der Waals surface area contributed by atoms with Gasteiger partial charge < -0.3 is 19.2 Å². The number of hydrogen-bond donors (Lipinski definition) is 1. The molecule has 1 amide bonds. The molecule has 0 fully saturated rings. The summed E-state index contributed by atoms with van der Waals surface area (Å²) in [6.45, 7) is 4.77. The van der Waals surface area contributed by atoms with Crippen LogP contribution in [-0.2, 0) is 0 Å². The summed E-state index contributed by atoms with van der Waals surface area (Å²) in [7, 11) is 3.23. The summed E-state index contributed by atoms with van der Waals surface area (Å²) in [5.41, 5.74) is 1.09. The third kappa shape index (κ3) is 4.06. The Balaban J connectivity index is 2.13. The molecule has 1 unspecified atom stereocenters. The molecule has 124 valence electrons. The second-order valence-corrected chi connectivity index (χ2v) is 5.65. The first-order chi connectivity index (χ1) is 11.1. The first kappa shape index (κ1) is 16.9. The van der Waals surface area contributed by atoms with Crippen molar-refractivity contribution in [1.29, 1.82) is 0 Å². The number of amides is 1. The molecule has 0 saturated carbocycles. The van der Waals surface area contributed by atoms with Crippen molar-refractivity contribution >= 4 is 5.91 Å². The fraction of sp³-hybridized carbons (Fsp3) is 0.389. The smallest absolute Gasteiger partial charge is 0.286 e. The Hall–Kier alpha value is -2.43. The van der Waals surface area contributed by atoms with Crippen molar-refractivity contribution in [2.45, 2.75) is 19.8 Å². The molecule has 0 bridgehead atoms. The lowest BCUT2D eigenvalue weighted by Gasteiger charge is -2.22. The van der Waals surface area contributed by atoms with Crippen molar-refractivity contribution < 1.29 is 18.7 Å². The monoisotopic (exact) mass is 317 g/mol. The lowest BCUT2D eigenvalue weighted by Crippen LogP contribution is -2.30. The van der Waals surface area contributed by atoms with E-state index >= 15 is 0 Å². The zero-order valence-corrected chi connectivity index (χ0v) is 14.0. The van der Waals surface area contributed by atoms with Gasteiger partial charge in [-0.3, -0.25) is 4.79 Å². The van der Waals surface area contributed by atoms with Crippen molar-refractivity contribution in [2.24, 2.45) is 5.92 Å². The maximum atomic E-state index is 12.0. The second-order valence-electron chi connectivity index (χ2n) is 5.65. The van der Waals surface area contributed by atoms with Crippen molar-refractivity contribution in [2.75, 3.05) is 20.8 Å². The van der Waals surface area contributed by atoms with Crippen molar-refractivity contribution in [3.05, 3.63) is 47.9 Å². The fourth-order valence-corrected chi connectivity index (χ4v) is 2.52. The highest BCUT2D eigenvalue weighted by atomic mass is 16.5. The maximum absolute atomic E-state index is 12.0. The number of carbonyl (C=O) groups is 1. The molecule has 0 radical (unpaired) electrons. The summed E-state index contributed by atoms with van der Waals surface area (Å²) in [6, 6.07) is 9.20. The van der Waals surface area contributed by atoms with Gasteiger partial charge in [0.15, 0.2) is 17.3 Å². The second kappa shape index (κ2) is 7.72. The van der Waals surface area contributed by atoms with Gasteiger partial charge in [-0.2, -0.15) is 0 Å². The topological polar surface area (TPSA) is 60.7 Å². The van der Waals surface area contributed by atoms with Gasteiger partial charge in [-0.1, -0.05) is 19.9 Å². The van der Waals surface area contributed by atoms with E-state index in [9.17, 15) is 4.79 Å². The average molecular weight is 317 g/mol. The van der Waals surface area contributed by atoms with Crippen molar-refractivity contribution in [3.63, 3.8) is 0 Å². The van der Waals surface area contributed by atoms with Gasteiger partial charge in [0.1, 0.15) is 0 Å².